The second kappa shape index (κ2) is 21.7. The lowest BCUT2D eigenvalue weighted by Gasteiger charge is -2.24. The monoisotopic (exact) mass is 1080 g/mol. The number of phenolic OH excluding ortho intramolecular Hbond substituents is 10. The van der Waals surface area contributed by atoms with Crippen molar-refractivity contribution in [1.29, 1.82) is 0 Å². The third kappa shape index (κ3) is 11.1. The van der Waals surface area contributed by atoms with E-state index in [1.54, 1.807) is 0 Å². The molecule has 6 aromatic rings. The number of phenols is 10. The molecule has 0 aromatic heterocycles. The Bertz CT molecular complexity index is 3440. The lowest BCUT2D eigenvalue weighted by molar-refractivity contribution is -0.166. The molecule has 7 atom stereocenters. The van der Waals surface area contributed by atoms with E-state index in [0.29, 0.717) is 0 Å². The number of carbonyl (C=O) groups excluding carboxylic acids is 3. The van der Waals surface area contributed by atoms with Crippen LogP contribution in [0.1, 0.15) is 68.6 Å². The summed E-state index contributed by atoms with van der Waals surface area (Å²) in [6.45, 7) is 0. The van der Waals surface area contributed by atoms with E-state index < -0.39 is 166 Å². The normalized spacial score (nSPS) is 17.3. The van der Waals surface area contributed by atoms with Crippen LogP contribution in [0.15, 0.2) is 103 Å². The first-order valence-electron chi connectivity index (χ1n) is 23.1. The van der Waals surface area contributed by atoms with Crippen LogP contribution in [-0.4, -0.2) is 121 Å². The molecule has 0 saturated carbocycles. The second-order valence-electron chi connectivity index (χ2n) is 17.8. The lowest BCUT2D eigenvalue weighted by atomic mass is 9.85. The van der Waals surface area contributed by atoms with E-state index in [1.807, 2.05) is 0 Å². The van der Waals surface area contributed by atoms with E-state index in [1.165, 1.54) is 24.3 Å². The molecule has 24 nitrogen and oxygen atoms in total. The van der Waals surface area contributed by atoms with Crippen molar-refractivity contribution < 1.29 is 119 Å². The summed E-state index contributed by atoms with van der Waals surface area (Å²) in [5, 5.41) is 134. The number of esters is 3. The molecule has 0 spiro atoms. The Morgan fingerprint density at radius 2 is 0.821 bits per heavy atom. The number of rotatable bonds is 18. The molecule has 0 saturated heterocycles. The molecule has 404 valence electrons. The number of aliphatic carboxylic acids is 3. The van der Waals surface area contributed by atoms with Gasteiger partial charge in [0.25, 0.3) is 0 Å². The summed E-state index contributed by atoms with van der Waals surface area (Å²) in [5.74, 6) is -19.8. The minimum Gasteiger partial charge on any atom is -0.504 e. The molecule has 0 unspecified atom stereocenters. The van der Waals surface area contributed by atoms with Gasteiger partial charge < -0.3 is 90.1 Å². The van der Waals surface area contributed by atoms with Crippen LogP contribution in [0, 0.1) is 0 Å². The SMILES string of the molecule is O=C(C=Cc1ccc(O)c(O)c1)O[C@H](Cc1ccc(O)c2c1[C@@H](C(=O)O[C@H](Cc1ccc(O)c3c1[C@@H](C(=O)O[C@@H](Cc1ccc(O)c(O)c1)C(=O)O)[C@H](c1ccc(O)c(O)c1)O3)C(=O)O)[C@H](c1ccc(O)c(O)c1)O2)C(=O)O. The molecule has 78 heavy (non-hydrogen) atoms. The number of aromatic hydroxyl groups is 10. The number of fused-ring (bicyclic) bond motifs is 2. The summed E-state index contributed by atoms with van der Waals surface area (Å²) in [7, 11) is 0. The zero-order chi connectivity index (χ0) is 56.4. The summed E-state index contributed by atoms with van der Waals surface area (Å²) in [4.78, 5) is 80.7. The fourth-order valence-corrected chi connectivity index (χ4v) is 8.94. The second-order valence-corrected chi connectivity index (χ2v) is 17.8. The van der Waals surface area contributed by atoms with Crippen molar-refractivity contribution in [3.05, 3.63) is 148 Å². The Morgan fingerprint density at radius 1 is 0.436 bits per heavy atom. The smallest absolute Gasteiger partial charge is 0.345 e. The van der Waals surface area contributed by atoms with Crippen molar-refractivity contribution in [2.45, 2.75) is 61.6 Å². The van der Waals surface area contributed by atoms with Crippen molar-refractivity contribution in [1.82, 2.24) is 0 Å². The van der Waals surface area contributed by atoms with Gasteiger partial charge in [-0.2, -0.15) is 0 Å². The van der Waals surface area contributed by atoms with Crippen LogP contribution >= 0.6 is 0 Å². The summed E-state index contributed by atoms with van der Waals surface area (Å²) in [5.41, 5.74) is -0.754. The maximum absolute atomic E-state index is 14.8. The first-order valence-corrected chi connectivity index (χ1v) is 23.1. The van der Waals surface area contributed by atoms with E-state index in [9.17, 15) is 95.2 Å². The molecule has 2 aliphatic heterocycles. The molecule has 13 N–H and O–H groups in total. The van der Waals surface area contributed by atoms with Crippen LogP contribution in [0.3, 0.4) is 0 Å². The average molecular weight is 1080 g/mol. The van der Waals surface area contributed by atoms with Crippen LogP contribution in [0.25, 0.3) is 6.08 Å². The van der Waals surface area contributed by atoms with Crippen molar-refractivity contribution in [2.75, 3.05) is 0 Å². The van der Waals surface area contributed by atoms with Crippen molar-refractivity contribution >= 4 is 41.9 Å². The number of carboxylic acids is 3. The van der Waals surface area contributed by atoms with Crippen LogP contribution in [-0.2, 0) is 62.2 Å². The van der Waals surface area contributed by atoms with Crippen LogP contribution in [0.5, 0.6) is 69.0 Å². The van der Waals surface area contributed by atoms with Gasteiger partial charge in [0.05, 0.1) is 0 Å². The maximum atomic E-state index is 14.8. The standard InChI is InChI=1S/C54H44O24/c55-28-8-1-22(15-34(28)61)3-14-41(65)74-39(51(68)69)20-24-4-12-32(59)48-42(24)45(47(78-48)27-7-11-31(58)37(64)19-27)54(73)76-40(52(70)71)21-25-5-13-33(60)49-43(25)44(46(77-49)26-6-10-30(57)36(63)18-26)53(72)75-38(50(66)67)17-23-2-9-29(56)35(62)16-23/h1-16,18-19,38-40,44-47,55-64H,17,20-21H2,(H,66,67)(H,68,69)(H,70,71)/t38-,39+,40+,44+,45+,46-,47-/m0/s1. The number of benzene rings is 6. The van der Waals surface area contributed by atoms with Gasteiger partial charge in [0.15, 0.2) is 69.0 Å². The molecule has 6 aromatic carbocycles. The number of carbonyl (C=O) groups is 6. The van der Waals surface area contributed by atoms with E-state index in [0.717, 1.165) is 84.9 Å². The molecule has 2 aliphatic rings. The molecule has 0 aliphatic carbocycles. The van der Waals surface area contributed by atoms with Gasteiger partial charge in [-0.1, -0.05) is 36.4 Å². The van der Waals surface area contributed by atoms with E-state index in [2.05, 4.69) is 0 Å². The topological polar surface area (TPSA) is 412 Å². The summed E-state index contributed by atoms with van der Waals surface area (Å²) >= 11 is 0. The molecule has 0 bridgehead atoms. The van der Waals surface area contributed by atoms with Crippen molar-refractivity contribution in [3.8, 4) is 69.0 Å². The van der Waals surface area contributed by atoms with Gasteiger partial charge >= 0.3 is 35.8 Å². The first-order chi connectivity index (χ1) is 37.0. The highest BCUT2D eigenvalue weighted by Gasteiger charge is 2.49. The van der Waals surface area contributed by atoms with Gasteiger partial charge in [-0.25, -0.2) is 19.2 Å². The Balaban J connectivity index is 1.15. The van der Waals surface area contributed by atoms with Gasteiger partial charge in [-0.05, 0) is 100 Å². The number of carboxylic acid groups (broad SMARTS) is 3. The van der Waals surface area contributed by atoms with Crippen LogP contribution in [0.4, 0.5) is 0 Å². The fourth-order valence-electron chi connectivity index (χ4n) is 8.94. The number of ether oxygens (including phenoxy) is 5. The minimum atomic E-state index is -2.26. The third-order valence-electron chi connectivity index (χ3n) is 12.7. The molecule has 2 heterocycles. The molecule has 0 fully saturated rings. The quantitative estimate of drug-likeness (QED) is 0.0235. The van der Waals surface area contributed by atoms with Crippen molar-refractivity contribution in [2.24, 2.45) is 0 Å². The van der Waals surface area contributed by atoms with E-state index in [4.69, 9.17) is 23.7 Å². The highest BCUT2D eigenvalue weighted by Crippen LogP contribution is 2.55. The van der Waals surface area contributed by atoms with Gasteiger partial charge in [-0.15, -0.1) is 0 Å². The summed E-state index contributed by atoms with van der Waals surface area (Å²) in [6.07, 6.45) is -9.75. The minimum absolute atomic E-state index is 0.0535. The average Bonchev–Trinajstić information content (AvgIpc) is 4.13. The molecule has 0 radical (unpaired) electrons. The van der Waals surface area contributed by atoms with Gasteiger partial charge in [0.1, 0.15) is 24.0 Å². The van der Waals surface area contributed by atoms with E-state index in [-0.39, 0.29) is 44.5 Å². The number of hydrogen-bond donors (Lipinski definition) is 13. The fraction of sp³-hybridized carbons (Fsp3) is 0.185. The van der Waals surface area contributed by atoms with Gasteiger partial charge in [-0.3, -0.25) is 9.59 Å². The van der Waals surface area contributed by atoms with Crippen LogP contribution in [0.2, 0.25) is 0 Å². The predicted octanol–water partition coefficient (Wildman–Crippen LogP) is 4.91. The highest BCUT2D eigenvalue weighted by atomic mass is 16.6. The zero-order valence-electron chi connectivity index (χ0n) is 39.9. The van der Waals surface area contributed by atoms with E-state index >= 15 is 0 Å². The summed E-state index contributed by atoms with van der Waals surface area (Å²) < 4.78 is 28.6. The first kappa shape index (κ1) is 53.8. The Morgan fingerprint density at radius 3 is 1.24 bits per heavy atom. The van der Waals surface area contributed by atoms with Gasteiger partial charge in [0, 0.05) is 36.5 Å². The summed E-state index contributed by atoms with van der Waals surface area (Å²) in [6, 6.07) is 17.7. The van der Waals surface area contributed by atoms with Crippen LogP contribution < -0.4 is 9.47 Å². The zero-order valence-corrected chi connectivity index (χ0v) is 39.9. The Hall–Kier alpha value is -10.5. The molecular formula is C54H44O24. The highest BCUT2D eigenvalue weighted by molar-refractivity contribution is 5.90. The molecule has 0 amide bonds. The Labute approximate surface area is 437 Å². The molecular weight excluding hydrogens is 1030 g/mol. The number of hydrogen-bond acceptors (Lipinski definition) is 21. The largest absolute Gasteiger partial charge is 0.504 e. The molecule has 24 heteroatoms. The van der Waals surface area contributed by atoms with Crippen molar-refractivity contribution in [3.63, 3.8) is 0 Å². The predicted molar refractivity (Wildman–Crippen MR) is 260 cm³/mol. The van der Waals surface area contributed by atoms with Gasteiger partial charge in [0.2, 0.25) is 18.3 Å². The maximum Gasteiger partial charge on any atom is 0.345 e. The molecule has 8 rings (SSSR count). The Kier molecular flexibility index (Phi) is 15.0. The lowest BCUT2D eigenvalue weighted by Crippen LogP contribution is -2.34. The third-order valence-corrected chi connectivity index (χ3v) is 12.7.